The number of non-ortho nitro benzene ring substituents is 1. The van der Waals surface area contributed by atoms with Crippen LogP contribution in [0.15, 0.2) is 70.2 Å². The number of halogens is 4. The molecule has 8 nitrogen and oxygen atoms in total. The lowest BCUT2D eigenvalue weighted by Gasteiger charge is -2.13. The smallest absolute Gasteiger partial charge is 0.416 e. The summed E-state index contributed by atoms with van der Waals surface area (Å²) in [6, 6.07) is 13.1. The van der Waals surface area contributed by atoms with E-state index in [4.69, 9.17) is 9.47 Å². The van der Waals surface area contributed by atoms with Crippen LogP contribution < -0.4 is 14.9 Å². The van der Waals surface area contributed by atoms with E-state index < -0.39 is 22.6 Å². The molecule has 182 valence electrons. The van der Waals surface area contributed by atoms with Crippen molar-refractivity contribution in [3.63, 3.8) is 0 Å². The molecule has 0 spiro atoms. The van der Waals surface area contributed by atoms with Gasteiger partial charge in [-0.1, -0.05) is 6.07 Å². The average Bonchev–Trinajstić information content (AvgIpc) is 2.82. The van der Waals surface area contributed by atoms with Crippen LogP contribution in [0.4, 0.5) is 18.9 Å². The number of rotatable bonds is 8. The number of amides is 1. The van der Waals surface area contributed by atoms with Gasteiger partial charge in [0.15, 0.2) is 11.5 Å². The van der Waals surface area contributed by atoms with Crippen LogP contribution in [0, 0.1) is 10.1 Å². The molecule has 1 amide bonds. The Labute approximate surface area is 205 Å². The fourth-order valence-electron chi connectivity index (χ4n) is 2.89. The minimum absolute atomic E-state index is 0.0312. The van der Waals surface area contributed by atoms with E-state index in [1.54, 1.807) is 24.3 Å². The molecule has 3 aromatic carbocycles. The molecule has 0 aliphatic carbocycles. The van der Waals surface area contributed by atoms with Gasteiger partial charge in [0.2, 0.25) is 0 Å². The van der Waals surface area contributed by atoms with Crippen molar-refractivity contribution in [2.75, 3.05) is 7.11 Å². The van der Waals surface area contributed by atoms with Gasteiger partial charge in [0.25, 0.3) is 11.6 Å². The lowest BCUT2D eigenvalue weighted by molar-refractivity contribution is -0.384. The molecule has 0 radical (unpaired) electrons. The van der Waals surface area contributed by atoms with E-state index in [0.29, 0.717) is 27.1 Å². The average molecular weight is 552 g/mol. The number of nitro groups is 1. The monoisotopic (exact) mass is 551 g/mol. The highest BCUT2D eigenvalue weighted by Gasteiger charge is 2.30. The number of hydrazone groups is 1. The Morgan fingerprint density at radius 2 is 1.89 bits per heavy atom. The molecule has 0 aliphatic heterocycles. The summed E-state index contributed by atoms with van der Waals surface area (Å²) in [6.45, 7) is 0.118. The number of hydrogen-bond acceptors (Lipinski definition) is 6. The second-order valence-corrected chi connectivity index (χ2v) is 7.88. The minimum atomic E-state index is -4.56. The topological polar surface area (TPSA) is 103 Å². The number of ether oxygens (including phenoxy) is 2. The first-order valence-electron chi connectivity index (χ1n) is 9.83. The number of benzene rings is 3. The second-order valence-electron chi connectivity index (χ2n) is 7.02. The molecule has 0 unspecified atom stereocenters. The van der Waals surface area contributed by atoms with Gasteiger partial charge in [0, 0.05) is 17.7 Å². The highest BCUT2D eigenvalue weighted by Crippen LogP contribution is 2.37. The minimum Gasteiger partial charge on any atom is -0.493 e. The van der Waals surface area contributed by atoms with Crippen LogP contribution in [0.5, 0.6) is 11.5 Å². The number of nitrogens with zero attached hydrogens (tertiary/aromatic N) is 2. The Hall–Kier alpha value is -3.93. The molecule has 0 heterocycles. The maximum absolute atomic E-state index is 12.8. The zero-order chi connectivity index (χ0) is 25.6. The Balaban J connectivity index is 1.68. The van der Waals surface area contributed by atoms with Gasteiger partial charge in [-0.25, -0.2) is 5.43 Å². The van der Waals surface area contributed by atoms with Gasteiger partial charge in [0.1, 0.15) is 6.61 Å². The summed E-state index contributed by atoms with van der Waals surface area (Å²) in [5.74, 6) is -0.0932. The number of alkyl halides is 3. The third-order valence-electron chi connectivity index (χ3n) is 4.61. The van der Waals surface area contributed by atoms with Crippen LogP contribution in [0.3, 0.4) is 0 Å². The second kappa shape index (κ2) is 11.0. The highest BCUT2D eigenvalue weighted by atomic mass is 79.9. The number of hydrogen-bond donors (Lipinski definition) is 1. The summed E-state index contributed by atoms with van der Waals surface area (Å²) >= 11 is 3.38. The molecule has 0 aliphatic rings. The van der Waals surface area contributed by atoms with Crippen molar-refractivity contribution in [3.05, 3.63) is 97.5 Å². The Bertz CT molecular complexity index is 1260. The lowest BCUT2D eigenvalue weighted by atomic mass is 10.1. The summed E-state index contributed by atoms with van der Waals surface area (Å²) in [7, 11) is 1.43. The number of carbonyl (C=O) groups excluding carboxylic acids is 1. The summed E-state index contributed by atoms with van der Waals surface area (Å²) in [4.78, 5) is 22.4. The van der Waals surface area contributed by atoms with Gasteiger partial charge in [-0.15, -0.1) is 0 Å². The predicted octanol–water partition coefficient (Wildman–Crippen LogP) is 5.73. The van der Waals surface area contributed by atoms with Crippen molar-refractivity contribution in [3.8, 4) is 11.5 Å². The molecule has 3 aromatic rings. The van der Waals surface area contributed by atoms with Gasteiger partial charge >= 0.3 is 6.18 Å². The third kappa shape index (κ3) is 6.79. The molecule has 1 N–H and O–H groups in total. The van der Waals surface area contributed by atoms with Crippen LogP contribution in [-0.4, -0.2) is 24.2 Å². The molecular weight excluding hydrogens is 535 g/mol. The number of nitro benzene ring substituents is 1. The van der Waals surface area contributed by atoms with Gasteiger partial charge in [0.05, 0.1) is 28.3 Å². The number of nitrogens with one attached hydrogen (secondary N) is 1. The lowest BCUT2D eigenvalue weighted by Crippen LogP contribution is -2.18. The van der Waals surface area contributed by atoms with Crippen molar-refractivity contribution in [1.29, 1.82) is 0 Å². The molecule has 0 fully saturated rings. The van der Waals surface area contributed by atoms with Crippen LogP contribution in [-0.2, 0) is 12.8 Å². The van der Waals surface area contributed by atoms with Crippen LogP contribution in [0.25, 0.3) is 0 Å². The first-order valence-corrected chi connectivity index (χ1v) is 10.6. The number of carbonyl (C=O) groups is 1. The predicted molar refractivity (Wildman–Crippen MR) is 125 cm³/mol. The quantitative estimate of drug-likeness (QED) is 0.219. The summed E-state index contributed by atoms with van der Waals surface area (Å²) in [5.41, 5.74) is 2.23. The van der Waals surface area contributed by atoms with Crippen molar-refractivity contribution >= 4 is 33.7 Å². The van der Waals surface area contributed by atoms with Gasteiger partial charge in [-0.05, 0) is 69.5 Å². The molecule has 0 saturated heterocycles. The van der Waals surface area contributed by atoms with E-state index in [1.807, 2.05) is 0 Å². The maximum Gasteiger partial charge on any atom is 0.416 e. The van der Waals surface area contributed by atoms with Gasteiger partial charge < -0.3 is 9.47 Å². The standard InChI is InChI=1S/C23H17BrF3N3O5/c1-34-20-10-15(12-28-29-22(31)16-3-2-4-17(11-16)23(25,26)27)9-19(24)21(20)35-13-14-5-7-18(8-6-14)30(32)33/h2-12H,13H2,1H3,(H,29,31)/b28-12-. The molecule has 0 saturated carbocycles. The maximum atomic E-state index is 12.8. The number of methoxy groups -OCH3 is 1. The Morgan fingerprint density at radius 1 is 1.17 bits per heavy atom. The van der Waals surface area contributed by atoms with Crippen molar-refractivity contribution < 1.29 is 32.4 Å². The summed E-state index contributed by atoms with van der Waals surface area (Å²) in [5, 5.41) is 14.6. The van der Waals surface area contributed by atoms with Crippen LogP contribution in [0.2, 0.25) is 0 Å². The molecule has 3 rings (SSSR count). The van der Waals surface area contributed by atoms with E-state index in [1.165, 1.54) is 31.5 Å². The largest absolute Gasteiger partial charge is 0.493 e. The molecule has 35 heavy (non-hydrogen) atoms. The van der Waals surface area contributed by atoms with Crippen molar-refractivity contribution in [2.24, 2.45) is 5.10 Å². The molecule has 0 aromatic heterocycles. The fraction of sp³-hybridized carbons (Fsp3) is 0.130. The van der Waals surface area contributed by atoms with E-state index in [2.05, 4.69) is 26.5 Å². The molecule has 0 bridgehead atoms. The van der Waals surface area contributed by atoms with Gasteiger partial charge in [-0.3, -0.25) is 14.9 Å². The van der Waals surface area contributed by atoms with Crippen LogP contribution in [0.1, 0.15) is 27.0 Å². The SMILES string of the molecule is COc1cc(/C=N\NC(=O)c2cccc(C(F)(F)F)c2)cc(Br)c1OCc1ccc([N+](=O)[O-])cc1. The first kappa shape index (κ1) is 25.7. The summed E-state index contributed by atoms with van der Waals surface area (Å²) in [6.07, 6.45) is -3.27. The first-order chi connectivity index (χ1) is 16.6. The van der Waals surface area contributed by atoms with E-state index in [9.17, 15) is 28.1 Å². The van der Waals surface area contributed by atoms with Gasteiger partial charge in [-0.2, -0.15) is 18.3 Å². The van der Waals surface area contributed by atoms with E-state index >= 15 is 0 Å². The molecule has 12 heteroatoms. The molecular formula is C23H17BrF3N3O5. The van der Waals surface area contributed by atoms with Crippen molar-refractivity contribution in [1.82, 2.24) is 5.43 Å². The Morgan fingerprint density at radius 3 is 2.51 bits per heavy atom. The van der Waals surface area contributed by atoms with E-state index in [0.717, 1.165) is 18.2 Å². The third-order valence-corrected chi connectivity index (χ3v) is 5.20. The fourth-order valence-corrected chi connectivity index (χ4v) is 3.46. The van der Waals surface area contributed by atoms with Crippen LogP contribution >= 0.6 is 15.9 Å². The summed E-state index contributed by atoms with van der Waals surface area (Å²) < 4.78 is 50.1. The zero-order valence-corrected chi connectivity index (χ0v) is 19.6. The normalized spacial score (nSPS) is 11.3. The molecule has 0 atom stereocenters. The highest BCUT2D eigenvalue weighted by molar-refractivity contribution is 9.10. The van der Waals surface area contributed by atoms with E-state index in [-0.39, 0.29) is 17.9 Å². The van der Waals surface area contributed by atoms with Crippen molar-refractivity contribution in [2.45, 2.75) is 12.8 Å². The zero-order valence-electron chi connectivity index (χ0n) is 18.0. The Kier molecular flexibility index (Phi) is 8.07.